The van der Waals surface area contributed by atoms with Crippen molar-refractivity contribution in [2.24, 2.45) is 0 Å². The predicted molar refractivity (Wildman–Crippen MR) is 109 cm³/mol. The predicted octanol–water partition coefficient (Wildman–Crippen LogP) is 2.80. The highest BCUT2D eigenvalue weighted by molar-refractivity contribution is 7.92. The van der Waals surface area contributed by atoms with Crippen LogP contribution in [0.5, 0.6) is 11.5 Å². The normalized spacial score (nSPS) is 12.2. The summed E-state index contributed by atoms with van der Waals surface area (Å²) in [6.45, 7) is 1.55. The van der Waals surface area contributed by atoms with Gasteiger partial charge in [-0.25, -0.2) is 17.2 Å². The SMILES string of the molecule is COc1ccc(CN(C)C(=O)[C@@H](C)N(c2ccc(F)c(F)c2)S(C)(=O)=O)cc1OC. The molecular formula is C20H24F2N2O5S. The maximum absolute atomic E-state index is 13.7. The van der Waals surface area contributed by atoms with Crippen molar-refractivity contribution >= 4 is 21.6 Å². The van der Waals surface area contributed by atoms with E-state index in [1.165, 1.54) is 33.1 Å². The summed E-state index contributed by atoms with van der Waals surface area (Å²) in [5, 5.41) is 0. The van der Waals surface area contributed by atoms with E-state index in [0.29, 0.717) is 11.5 Å². The van der Waals surface area contributed by atoms with Gasteiger partial charge in [0.1, 0.15) is 6.04 Å². The van der Waals surface area contributed by atoms with Crippen LogP contribution in [-0.2, 0) is 21.4 Å². The molecule has 30 heavy (non-hydrogen) atoms. The van der Waals surface area contributed by atoms with E-state index in [-0.39, 0.29) is 12.2 Å². The van der Waals surface area contributed by atoms with Crippen LogP contribution >= 0.6 is 0 Å². The van der Waals surface area contributed by atoms with Gasteiger partial charge in [0, 0.05) is 19.7 Å². The summed E-state index contributed by atoms with van der Waals surface area (Å²) < 4.78 is 62.8. The van der Waals surface area contributed by atoms with Gasteiger partial charge in [0.25, 0.3) is 0 Å². The lowest BCUT2D eigenvalue weighted by Gasteiger charge is -2.31. The Morgan fingerprint density at radius 1 is 1.03 bits per heavy atom. The van der Waals surface area contributed by atoms with Gasteiger partial charge in [-0.3, -0.25) is 9.10 Å². The van der Waals surface area contributed by atoms with Crippen molar-refractivity contribution in [3.63, 3.8) is 0 Å². The first-order valence-corrected chi connectivity index (χ1v) is 10.7. The Balaban J connectivity index is 2.29. The Morgan fingerprint density at radius 3 is 2.20 bits per heavy atom. The first kappa shape index (κ1) is 23.4. The molecule has 0 heterocycles. The highest BCUT2D eigenvalue weighted by Crippen LogP contribution is 2.28. The minimum absolute atomic E-state index is 0.142. The Hall–Kier alpha value is -2.88. The quantitative estimate of drug-likeness (QED) is 0.629. The number of benzene rings is 2. The molecule has 0 fully saturated rings. The molecule has 2 aromatic rings. The standard InChI is InChI=1S/C20H24F2N2O5S/c1-13(24(30(5,26)27)15-7-8-16(21)17(22)11-15)20(25)23(2)12-14-6-9-18(28-3)19(10-14)29-4/h6-11,13H,12H2,1-5H3/t13-/m1/s1. The van der Waals surface area contributed by atoms with Crippen molar-refractivity contribution in [2.45, 2.75) is 19.5 Å². The van der Waals surface area contributed by atoms with Crippen LogP contribution in [-0.4, -0.2) is 52.8 Å². The number of hydrogen-bond acceptors (Lipinski definition) is 5. The van der Waals surface area contributed by atoms with Gasteiger partial charge >= 0.3 is 0 Å². The van der Waals surface area contributed by atoms with E-state index in [1.54, 1.807) is 18.2 Å². The molecule has 0 aromatic heterocycles. The summed E-state index contributed by atoms with van der Waals surface area (Å²) in [7, 11) is 0.555. The van der Waals surface area contributed by atoms with E-state index in [0.717, 1.165) is 34.3 Å². The molecule has 1 amide bonds. The van der Waals surface area contributed by atoms with E-state index in [9.17, 15) is 22.0 Å². The summed E-state index contributed by atoms with van der Waals surface area (Å²) in [6.07, 6.45) is 0.895. The molecule has 0 radical (unpaired) electrons. The van der Waals surface area contributed by atoms with Gasteiger partial charge in [0.15, 0.2) is 23.1 Å². The summed E-state index contributed by atoms with van der Waals surface area (Å²) in [6, 6.07) is 6.63. The zero-order valence-corrected chi connectivity index (χ0v) is 18.2. The van der Waals surface area contributed by atoms with E-state index in [1.807, 2.05) is 0 Å². The van der Waals surface area contributed by atoms with Crippen molar-refractivity contribution in [2.75, 3.05) is 31.8 Å². The summed E-state index contributed by atoms with van der Waals surface area (Å²) in [4.78, 5) is 14.3. The van der Waals surface area contributed by atoms with Crippen LogP contribution in [0.1, 0.15) is 12.5 Å². The van der Waals surface area contributed by atoms with Gasteiger partial charge in [0.2, 0.25) is 15.9 Å². The fourth-order valence-corrected chi connectivity index (χ4v) is 4.24. The van der Waals surface area contributed by atoms with Gasteiger partial charge in [0.05, 0.1) is 26.2 Å². The van der Waals surface area contributed by atoms with Crippen LogP contribution in [0.3, 0.4) is 0 Å². The Labute approximate surface area is 174 Å². The number of amides is 1. The molecule has 0 bridgehead atoms. The lowest BCUT2D eigenvalue weighted by atomic mass is 10.1. The maximum Gasteiger partial charge on any atom is 0.246 e. The monoisotopic (exact) mass is 442 g/mol. The van der Waals surface area contributed by atoms with Gasteiger partial charge in [-0.1, -0.05) is 6.07 Å². The highest BCUT2D eigenvalue weighted by Gasteiger charge is 2.31. The molecule has 7 nitrogen and oxygen atoms in total. The van der Waals surface area contributed by atoms with E-state index in [2.05, 4.69) is 0 Å². The minimum atomic E-state index is -3.96. The Bertz CT molecular complexity index is 1030. The van der Waals surface area contributed by atoms with E-state index >= 15 is 0 Å². The summed E-state index contributed by atoms with van der Waals surface area (Å²) in [5.41, 5.74) is 0.589. The largest absolute Gasteiger partial charge is 0.493 e. The van der Waals surface area contributed by atoms with Crippen LogP contribution < -0.4 is 13.8 Å². The van der Waals surface area contributed by atoms with Crippen molar-refractivity contribution < 1.29 is 31.5 Å². The summed E-state index contributed by atoms with van der Waals surface area (Å²) in [5.74, 6) is -1.83. The number of rotatable bonds is 8. The maximum atomic E-state index is 13.7. The number of sulfonamides is 1. The molecule has 0 N–H and O–H groups in total. The molecule has 10 heteroatoms. The third-order valence-electron chi connectivity index (χ3n) is 4.47. The van der Waals surface area contributed by atoms with Crippen LogP contribution in [0.2, 0.25) is 0 Å². The lowest BCUT2D eigenvalue weighted by molar-refractivity contribution is -0.131. The number of halogens is 2. The molecule has 2 rings (SSSR count). The summed E-state index contributed by atoms with van der Waals surface area (Å²) >= 11 is 0. The second-order valence-corrected chi connectivity index (χ2v) is 8.58. The Morgan fingerprint density at radius 2 is 1.67 bits per heavy atom. The lowest BCUT2D eigenvalue weighted by Crippen LogP contribution is -2.48. The third-order valence-corrected chi connectivity index (χ3v) is 5.71. The number of carbonyl (C=O) groups excluding carboxylic acids is 1. The first-order valence-electron chi connectivity index (χ1n) is 8.90. The first-order chi connectivity index (χ1) is 14.0. The number of anilines is 1. The molecule has 0 saturated heterocycles. The van der Waals surface area contributed by atoms with Crippen LogP contribution in [0, 0.1) is 11.6 Å². The van der Waals surface area contributed by atoms with Gasteiger partial charge in [-0.15, -0.1) is 0 Å². The number of methoxy groups -OCH3 is 2. The zero-order chi connectivity index (χ0) is 22.6. The molecule has 0 saturated carbocycles. The highest BCUT2D eigenvalue weighted by atomic mass is 32.2. The molecule has 0 unspecified atom stereocenters. The molecule has 0 aliphatic rings. The average Bonchev–Trinajstić information content (AvgIpc) is 2.68. The second-order valence-electron chi connectivity index (χ2n) is 6.72. The number of nitrogens with zero attached hydrogens (tertiary/aromatic N) is 2. The number of ether oxygens (including phenoxy) is 2. The molecule has 0 spiro atoms. The van der Waals surface area contributed by atoms with Crippen molar-refractivity contribution in [1.82, 2.24) is 4.90 Å². The van der Waals surface area contributed by atoms with Gasteiger partial charge in [-0.2, -0.15) is 0 Å². The topological polar surface area (TPSA) is 76.2 Å². The van der Waals surface area contributed by atoms with E-state index < -0.39 is 33.6 Å². The molecule has 1 atom stereocenters. The molecule has 0 aliphatic carbocycles. The molecule has 2 aromatic carbocycles. The average molecular weight is 442 g/mol. The van der Waals surface area contributed by atoms with Crippen molar-refractivity contribution in [3.05, 3.63) is 53.6 Å². The van der Waals surface area contributed by atoms with Crippen molar-refractivity contribution in [1.29, 1.82) is 0 Å². The second kappa shape index (κ2) is 9.29. The number of carbonyl (C=O) groups is 1. The number of likely N-dealkylation sites (N-methyl/N-ethyl adjacent to an activating group) is 1. The smallest absolute Gasteiger partial charge is 0.246 e. The third kappa shape index (κ3) is 5.18. The Kier molecular flexibility index (Phi) is 7.25. The fraction of sp³-hybridized carbons (Fsp3) is 0.350. The molecule has 164 valence electrons. The molecular weight excluding hydrogens is 418 g/mol. The van der Waals surface area contributed by atoms with Crippen molar-refractivity contribution in [3.8, 4) is 11.5 Å². The minimum Gasteiger partial charge on any atom is -0.493 e. The van der Waals surface area contributed by atoms with Crippen LogP contribution in [0.4, 0.5) is 14.5 Å². The fourth-order valence-electron chi connectivity index (χ4n) is 3.07. The van der Waals surface area contributed by atoms with Crippen LogP contribution in [0.15, 0.2) is 36.4 Å². The number of hydrogen-bond donors (Lipinski definition) is 0. The zero-order valence-electron chi connectivity index (χ0n) is 17.3. The van der Waals surface area contributed by atoms with Crippen LogP contribution in [0.25, 0.3) is 0 Å². The van der Waals surface area contributed by atoms with Gasteiger partial charge in [-0.05, 0) is 36.8 Å². The molecule has 0 aliphatic heterocycles. The van der Waals surface area contributed by atoms with Gasteiger partial charge < -0.3 is 14.4 Å². The van der Waals surface area contributed by atoms with E-state index in [4.69, 9.17) is 9.47 Å².